The Morgan fingerprint density at radius 2 is 1.30 bits per heavy atom. The molecule has 258 valence electrons. The topological polar surface area (TPSA) is 135 Å². The number of thioether (sulfide) groups is 1. The van der Waals surface area contributed by atoms with Gasteiger partial charge in [0.05, 0.1) is 5.25 Å². The highest BCUT2D eigenvalue weighted by molar-refractivity contribution is 9.10. The van der Waals surface area contributed by atoms with E-state index in [9.17, 15) is 24.3 Å². The quantitative estimate of drug-likeness (QED) is 0.219. The van der Waals surface area contributed by atoms with E-state index in [1.807, 2.05) is 77.9 Å². The second-order valence-corrected chi connectivity index (χ2v) is 15.6. The van der Waals surface area contributed by atoms with Crippen LogP contribution in [0, 0.1) is 0 Å². The average molecular weight is 738 g/mol. The van der Waals surface area contributed by atoms with Crippen molar-refractivity contribution < 1.29 is 48.0 Å². The van der Waals surface area contributed by atoms with Crippen LogP contribution in [0.15, 0.2) is 40.9 Å². The maximum absolute atomic E-state index is 12.5. The van der Waals surface area contributed by atoms with Crippen molar-refractivity contribution in [3.05, 3.63) is 63.1 Å². The molecule has 1 heterocycles. The lowest BCUT2D eigenvalue weighted by Crippen LogP contribution is -2.61. The van der Waals surface area contributed by atoms with Crippen LogP contribution in [0.25, 0.3) is 0 Å². The molecule has 0 spiro atoms. The highest BCUT2D eigenvalue weighted by Crippen LogP contribution is 2.49. The summed E-state index contributed by atoms with van der Waals surface area (Å²) in [5.41, 5.74) is 1.34. The minimum absolute atomic E-state index is 0.219. The van der Waals surface area contributed by atoms with Crippen LogP contribution < -0.4 is 0 Å². The molecule has 12 heteroatoms. The van der Waals surface area contributed by atoms with Crippen LogP contribution in [0.4, 0.5) is 0 Å². The van der Waals surface area contributed by atoms with Gasteiger partial charge in [-0.1, -0.05) is 87.8 Å². The number of phenolic OH excluding ortho intramolecular Hbond substituents is 1. The molecule has 0 aromatic heterocycles. The van der Waals surface area contributed by atoms with Crippen molar-refractivity contribution in [1.29, 1.82) is 0 Å². The van der Waals surface area contributed by atoms with E-state index in [0.29, 0.717) is 0 Å². The van der Waals surface area contributed by atoms with Gasteiger partial charge in [0, 0.05) is 32.2 Å². The number of carbonyl (C=O) groups excluding carboxylic acids is 4. The lowest BCUT2D eigenvalue weighted by atomic mass is 9.78. The number of aromatic hydroxyl groups is 1. The van der Waals surface area contributed by atoms with E-state index in [1.165, 1.54) is 39.5 Å². The summed E-state index contributed by atoms with van der Waals surface area (Å²) in [5, 5.41) is 11.0. The van der Waals surface area contributed by atoms with E-state index in [2.05, 4.69) is 15.9 Å². The van der Waals surface area contributed by atoms with Gasteiger partial charge in [-0.05, 0) is 39.2 Å². The number of ether oxygens (including phenoxy) is 5. The van der Waals surface area contributed by atoms with Crippen molar-refractivity contribution in [3.63, 3.8) is 0 Å². The number of carbonyl (C=O) groups is 4. The molecule has 1 saturated heterocycles. The monoisotopic (exact) mass is 736 g/mol. The molecular formula is C35H45BrO10S. The molecule has 3 rings (SSSR count). The van der Waals surface area contributed by atoms with E-state index in [4.69, 9.17) is 23.7 Å². The predicted octanol–water partition coefficient (Wildman–Crippen LogP) is 6.66. The molecule has 10 nitrogen and oxygen atoms in total. The summed E-state index contributed by atoms with van der Waals surface area (Å²) in [6.45, 7) is 16.7. The second kappa shape index (κ2) is 15.4. The smallest absolute Gasteiger partial charge is 0.303 e. The molecule has 1 fully saturated rings. The zero-order valence-corrected chi connectivity index (χ0v) is 30.9. The van der Waals surface area contributed by atoms with Crippen LogP contribution in [0.2, 0.25) is 0 Å². The Kier molecular flexibility index (Phi) is 12.6. The summed E-state index contributed by atoms with van der Waals surface area (Å²) >= 11 is 4.99. The van der Waals surface area contributed by atoms with Gasteiger partial charge in [-0.2, -0.15) is 0 Å². The highest BCUT2D eigenvalue weighted by atomic mass is 79.9. The van der Waals surface area contributed by atoms with Crippen molar-refractivity contribution in [3.8, 4) is 5.75 Å². The molecule has 2 aromatic carbocycles. The van der Waals surface area contributed by atoms with Gasteiger partial charge in [0.2, 0.25) is 0 Å². The first-order valence-corrected chi connectivity index (χ1v) is 17.0. The number of benzene rings is 2. The summed E-state index contributed by atoms with van der Waals surface area (Å²) in [6.07, 6.45) is -4.86. The molecule has 6 atom stereocenters. The summed E-state index contributed by atoms with van der Waals surface area (Å²) in [4.78, 5) is 48.9. The molecule has 47 heavy (non-hydrogen) atoms. The van der Waals surface area contributed by atoms with Crippen molar-refractivity contribution >= 4 is 51.6 Å². The molecule has 0 saturated carbocycles. The number of hydrogen-bond acceptors (Lipinski definition) is 11. The Labute approximate surface area is 289 Å². The van der Waals surface area contributed by atoms with Crippen molar-refractivity contribution in [2.75, 3.05) is 6.61 Å². The standard InChI is InChI=1S/C35H45BrO10S/c1-18(37)42-17-27-29(43-19(2)38)30(44-20(3)39)31(45-21(4)40)33(46-27)47-32(23-13-11-12-14-26(23)36)22-15-24(34(5,6)7)28(41)25(16-22)35(8,9)10/h11-16,27,29-33,41H,17H2,1-10H3/t27-,29+,30?,31?,32-,33+/m0/s1. The highest BCUT2D eigenvalue weighted by Gasteiger charge is 2.53. The van der Waals surface area contributed by atoms with E-state index in [0.717, 1.165) is 26.7 Å². The Bertz CT molecular complexity index is 1440. The third-order valence-electron chi connectivity index (χ3n) is 7.46. The van der Waals surface area contributed by atoms with E-state index < -0.39 is 69.8 Å². The number of hydrogen-bond donors (Lipinski definition) is 1. The number of esters is 4. The molecule has 1 aliphatic heterocycles. The van der Waals surface area contributed by atoms with E-state index in [1.54, 1.807) is 0 Å². The summed E-state index contributed by atoms with van der Waals surface area (Å²) in [6, 6.07) is 11.6. The summed E-state index contributed by atoms with van der Waals surface area (Å²) < 4.78 is 29.6. The van der Waals surface area contributed by atoms with Gasteiger partial charge in [0.25, 0.3) is 0 Å². The minimum Gasteiger partial charge on any atom is -0.507 e. The Balaban J connectivity index is 2.30. The van der Waals surface area contributed by atoms with Gasteiger partial charge in [0.15, 0.2) is 18.3 Å². The maximum atomic E-state index is 12.5. The van der Waals surface area contributed by atoms with Gasteiger partial charge in [0.1, 0.15) is 23.9 Å². The molecule has 0 aliphatic carbocycles. The SMILES string of the molecule is CC(=O)OC[C@@H]1O[C@H](S[C@@H](c2cc(C(C)(C)C)c(O)c(C(C)(C)C)c2)c2ccccc2Br)C(OC(C)=O)C(OC(C)=O)[C@@H]1OC(C)=O. The molecule has 1 N–H and O–H groups in total. The van der Waals surface area contributed by atoms with Crippen molar-refractivity contribution in [2.24, 2.45) is 0 Å². The van der Waals surface area contributed by atoms with Crippen molar-refractivity contribution in [2.45, 2.75) is 115 Å². The predicted molar refractivity (Wildman–Crippen MR) is 181 cm³/mol. The van der Waals surface area contributed by atoms with E-state index >= 15 is 0 Å². The summed E-state index contributed by atoms with van der Waals surface area (Å²) in [7, 11) is 0. The van der Waals surface area contributed by atoms with Crippen LogP contribution in [0.5, 0.6) is 5.75 Å². The zero-order valence-electron chi connectivity index (χ0n) is 28.5. The fourth-order valence-corrected chi connectivity index (χ4v) is 7.55. The normalized spacial score (nSPS) is 22.1. The number of rotatable bonds is 9. The first-order chi connectivity index (χ1) is 21.7. The van der Waals surface area contributed by atoms with Crippen molar-refractivity contribution in [1.82, 2.24) is 0 Å². The Morgan fingerprint density at radius 3 is 1.77 bits per heavy atom. The van der Waals surface area contributed by atoms with Gasteiger partial charge >= 0.3 is 23.9 Å². The maximum Gasteiger partial charge on any atom is 0.303 e. The van der Waals surface area contributed by atoms with Gasteiger partial charge in [-0.25, -0.2) is 0 Å². The number of phenols is 1. The number of halogens is 1. The molecule has 1 aliphatic rings. The van der Waals surface area contributed by atoms with Crippen LogP contribution in [0.1, 0.15) is 96.7 Å². The van der Waals surface area contributed by atoms with Crippen LogP contribution >= 0.6 is 27.7 Å². The largest absolute Gasteiger partial charge is 0.507 e. The molecule has 0 bridgehead atoms. The van der Waals surface area contributed by atoms with Gasteiger partial charge in [-0.15, -0.1) is 11.8 Å². The average Bonchev–Trinajstić information content (AvgIpc) is 2.92. The lowest BCUT2D eigenvalue weighted by molar-refractivity contribution is -0.237. The third kappa shape index (κ3) is 9.96. The molecule has 0 amide bonds. The summed E-state index contributed by atoms with van der Waals surface area (Å²) in [5.74, 6) is -2.45. The molecular weight excluding hydrogens is 692 g/mol. The van der Waals surface area contributed by atoms with Gasteiger partial charge in [-0.3, -0.25) is 19.2 Å². The first-order valence-electron chi connectivity index (χ1n) is 15.3. The third-order valence-corrected chi connectivity index (χ3v) is 9.63. The Hall–Kier alpha value is -3.09. The fraction of sp³-hybridized carbons (Fsp3) is 0.543. The molecule has 0 radical (unpaired) electrons. The van der Waals surface area contributed by atoms with Crippen LogP contribution in [0.3, 0.4) is 0 Å². The first kappa shape index (κ1) is 38.4. The Morgan fingerprint density at radius 1 is 0.809 bits per heavy atom. The molecule has 2 unspecified atom stereocenters. The van der Waals surface area contributed by atoms with Crippen LogP contribution in [-0.2, 0) is 53.7 Å². The minimum atomic E-state index is -1.29. The van der Waals surface area contributed by atoms with Gasteiger partial charge < -0.3 is 28.8 Å². The second-order valence-electron chi connectivity index (χ2n) is 13.6. The lowest BCUT2D eigenvalue weighted by Gasteiger charge is -2.45. The zero-order chi connectivity index (χ0) is 35.4. The van der Waals surface area contributed by atoms with Crippen LogP contribution in [-0.4, -0.2) is 65.4 Å². The molecule has 2 aromatic rings. The van der Waals surface area contributed by atoms with E-state index in [-0.39, 0.29) is 12.4 Å². The fourth-order valence-electron chi connectivity index (χ4n) is 5.40.